The number of hydrogen-bond acceptors (Lipinski definition) is 3. The average molecular weight is 339 g/mol. The molecule has 1 unspecified atom stereocenters. The number of nitrogens with one attached hydrogen (secondary N) is 2. The summed E-state index contributed by atoms with van der Waals surface area (Å²) in [6.45, 7) is 2.04. The zero-order valence-corrected chi connectivity index (χ0v) is 14.8. The number of hydrogen-bond donors (Lipinski definition) is 2. The Morgan fingerprint density at radius 1 is 1.32 bits per heavy atom. The predicted octanol–water partition coefficient (Wildman–Crippen LogP) is 2.89. The summed E-state index contributed by atoms with van der Waals surface area (Å²) in [5.41, 5.74) is 4.74. The molecule has 132 valence electrons. The van der Waals surface area contributed by atoms with Crippen LogP contribution >= 0.6 is 0 Å². The second-order valence-corrected chi connectivity index (χ2v) is 7.33. The lowest BCUT2D eigenvalue weighted by atomic mass is 9.75. The minimum absolute atomic E-state index is 0.0779. The third kappa shape index (κ3) is 3.03. The number of aryl methyl sites for hydroxylation is 2. The molecule has 1 aromatic carbocycles. The number of fused-ring (bicyclic) bond motifs is 1. The zero-order valence-electron chi connectivity index (χ0n) is 14.8. The van der Waals surface area contributed by atoms with E-state index in [0.29, 0.717) is 5.92 Å². The lowest BCUT2D eigenvalue weighted by molar-refractivity contribution is -0.126. The Labute approximate surface area is 148 Å². The van der Waals surface area contributed by atoms with Gasteiger partial charge in [-0.25, -0.2) is 0 Å². The third-order valence-corrected chi connectivity index (χ3v) is 5.77. The van der Waals surface area contributed by atoms with Crippen molar-refractivity contribution in [2.75, 3.05) is 7.11 Å². The number of aromatic amines is 1. The number of amides is 1. The maximum absolute atomic E-state index is 12.6. The smallest absolute Gasteiger partial charge is 0.223 e. The van der Waals surface area contributed by atoms with Crippen molar-refractivity contribution in [3.05, 3.63) is 46.8 Å². The molecule has 1 fully saturated rings. The van der Waals surface area contributed by atoms with Crippen molar-refractivity contribution in [2.24, 2.45) is 5.92 Å². The number of ether oxygens (including phenoxy) is 1. The molecular weight excluding hydrogens is 314 g/mol. The highest BCUT2D eigenvalue weighted by Crippen LogP contribution is 2.41. The van der Waals surface area contributed by atoms with E-state index in [0.717, 1.165) is 49.2 Å². The minimum Gasteiger partial charge on any atom is -0.496 e. The van der Waals surface area contributed by atoms with Crippen molar-refractivity contribution < 1.29 is 9.53 Å². The maximum Gasteiger partial charge on any atom is 0.223 e. The third-order valence-electron chi connectivity index (χ3n) is 5.77. The Morgan fingerprint density at radius 3 is 2.92 bits per heavy atom. The van der Waals surface area contributed by atoms with E-state index in [9.17, 15) is 4.79 Å². The Kier molecular flexibility index (Phi) is 4.24. The van der Waals surface area contributed by atoms with Gasteiger partial charge >= 0.3 is 0 Å². The van der Waals surface area contributed by atoms with E-state index in [1.807, 2.05) is 19.1 Å². The van der Waals surface area contributed by atoms with Gasteiger partial charge in [-0.1, -0.05) is 18.2 Å². The van der Waals surface area contributed by atoms with E-state index in [2.05, 4.69) is 27.6 Å². The van der Waals surface area contributed by atoms with E-state index < -0.39 is 0 Å². The summed E-state index contributed by atoms with van der Waals surface area (Å²) < 4.78 is 5.45. The molecule has 1 amide bonds. The van der Waals surface area contributed by atoms with Gasteiger partial charge in [-0.05, 0) is 62.1 Å². The summed E-state index contributed by atoms with van der Waals surface area (Å²) in [4.78, 5) is 12.6. The molecule has 1 saturated carbocycles. The highest BCUT2D eigenvalue weighted by atomic mass is 16.5. The normalized spacial score (nSPS) is 25.0. The summed E-state index contributed by atoms with van der Waals surface area (Å²) in [7, 11) is 1.71. The first-order valence-electron chi connectivity index (χ1n) is 9.11. The van der Waals surface area contributed by atoms with Crippen LogP contribution in [0.15, 0.2) is 24.3 Å². The van der Waals surface area contributed by atoms with E-state index in [4.69, 9.17) is 4.74 Å². The van der Waals surface area contributed by atoms with Gasteiger partial charge in [0.25, 0.3) is 0 Å². The van der Waals surface area contributed by atoms with Crippen molar-refractivity contribution in [1.29, 1.82) is 0 Å². The first-order valence-corrected chi connectivity index (χ1v) is 9.11. The highest BCUT2D eigenvalue weighted by molar-refractivity contribution is 5.79. The first-order chi connectivity index (χ1) is 12.2. The van der Waals surface area contributed by atoms with Crippen molar-refractivity contribution in [3.8, 4) is 5.75 Å². The van der Waals surface area contributed by atoms with Crippen LogP contribution in [-0.2, 0) is 17.6 Å². The Bertz CT molecular complexity index is 777. The Hall–Kier alpha value is -2.30. The van der Waals surface area contributed by atoms with Crippen LogP contribution in [0.1, 0.15) is 47.7 Å². The topological polar surface area (TPSA) is 67.0 Å². The molecule has 5 nitrogen and oxygen atoms in total. The minimum atomic E-state index is 0.0779. The molecule has 2 aliphatic carbocycles. The summed E-state index contributed by atoms with van der Waals surface area (Å²) in [6, 6.07) is 8.47. The molecule has 2 N–H and O–H groups in total. The van der Waals surface area contributed by atoms with Crippen LogP contribution in [0.25, 0.3) is 0 Å². The second kappa shape index (κ2) is 6.54. The molecule has 25 heavy (non-hydrogen) atoms. The maximum atomic E-state index is 12.6. The molecule has 2 aromatic rings. The van der Waals surface area contributed by atoms with Crippen LogP contribution in [0.3, 0.4) is 0 Å². The van der Waals surface area contributed by atoms with E-state index in [-0.39, 0.29) is 17.9 Å². The van der Waals surface area contributed by atoms with Crippen LogP contribution in [0.2, 0.25) is 0 Å². The molecule has 1 heterocycles. The average Bonchev–Trinajstić information content (AvgIpc) is 2.98. The van der Waals surface area contributed by atoms with Gasteiger partial charge in [-0.2, -0.15) is 5.10 Å². The number of aromatic nitrogens is 2. The molecule has 0 spiro atoms. The van der Waals surface area contributed by atoms with Crippen LogP contribution in [0.4, 0.5) is 0 Å². The molecule has 5 heteroatoms. The SMILES string of the molecule is COc1ccccc1C1CC(NC(=O)C2CCc3n[nH]c(C)c3C2)C1. The van der Waals surface area contributed by atoms with Crippen molar-refractivity contribution in [2.45, 2.75) is 51.0 Å². The quantitative estimate of drug-likeness (QED) is 0.900. The summed E-state index contributed by atoms with van der Waals surface area (Å²) in [5.74, 6) is 1.71. The van der Waals surface area contributed by atoms with E-state index >= 15 is 0 Å². The summed E-state index contributed by atoms with van der Waals surface area (Å²) >= 11 is 0. The van der Waals surface area contributed by atoms with Crippen molar-refractivity contribution in [3.63, 3.8) is 0 Å². The lowest BCUT2D eigenvalue weighted by Gasteiger charge is -2.37. The van der Waals surface area contributed by atoms with Gasteiger partial charge in [0.05, 0.1) is 12.8 Å². The van der Waals surface area contributed by atoms with Crippen molar-refractivity contribution in [1.82, 2.24) is 15.5 Å². The van der Waals surface area contributed by atoms with Gasteiger partial charge in [0.1, 0.15) is 5.75 Å². The fourth-order valence-corrected chi connectivity index (χ4v) is 4.18. The number of carbonyl (C=O) groups excluding carboxylic acids is 1. The largest absolute Gasteiger partial charge is 0.496 e. The Morgan fingerprint density at radius 2 is 2.12 bits per heavy atom. The monoisotopic (exact) mass is 339 g/mol. The van der Waals surface area contributed by atoms with E-state index in [1.54, 1.807) is 7.11 Å². The summed E-state index contributed by atoms with van der Waals surface area (Å²) in [5, 5.41) is 10.6. The molecule has 1 aromatic heterocycles. The van der Waals surface area contributed by atoms with Gasteiger partial charge in [-0.15, -0.1) is 0 Å². The molecule has 0 aliphatic heterocycles. The van der Waals surface area contributed by atoms with Gasteiger partial charge in [-0.3, -0.25) is 9.89 Å². The van der Waals surface area contributed by atoms with Crippen molar-refractivity contribution >= 4 is 5.91 Å². The zero-order chi connectivity index (χ0) is 17.4. The highest BCUT2D eigenvalue weighted by Gasteiger charge is 2.35. The number of benzene rings is 1. The number of rotatable bonds is 4. The number of methoxy groups -OCH3 is 1. The fourth-order valence-electron chi connectivity index (χ4n) is 4.18. The molecule has 1 atom stereocenters. The van der Waals surface area contributed by atoms with Gasteiger partial charge < -0.3 is 10.1 Å². The molecular formula is C20H25N3O2. The number of nitrogens with zero attached hydrogens (tertiary/aromatic N) is 1. The fraction of sp³-hybridized carbons (Fsp3) is 0.500. The molecule has 0 saturated heterocycles. The van der Waals surface area contributed by atoms with Crippen LogP contribution < -0.4 is 10.1 Å². The van der Waals surface area contributed by atoms with Gasteiger partial charge in [0.2, 0.25) is 5.91 Å². The first kappa shape index (κ1) is 16.2. The van der Waals surface area contributed by atoms with E-state index in [1.165, 1.54) is 11.1 Å². The molecule has 2 aliphatic rings. The number of para-hydroxylation sites is 1. The molecule has 0 bridgehead atoms. The summed E-state index contributed by atoms with van der Waals surface area (Å²) in [6.07, 6.45) is 4.59. The lowest BCUT2D eigenvalue weighted by Crippen LogP contribution is -2.46. The van der Waals surface area contributed by atoms with Crippen LogP contribution in [-0.4, -0.2) is 29.3 Å². The number of carbonyl (C=O) groups is 1. The molecule has 4 rings (SSSR count). The number of H-pyrrole nitrogens is 1. The van der Waals surface area contributed by atoms with Crippen LogP contribution in [0, 0.1) is 12.8 Å². The standard InChI is InChI=1S/C20H25N3O2/c1-12-17-11-13(7-8-18(17)23-22-12)20(24)21-15-9-14(10-15)16-5-3-4-6-19(16)25-2/h3-6,13-15H,7-11H2,1-2H3,(H,21,24)(H,22,23). The van der Waals surface area contributed by atoms with Gasteiger partial charge in [0, 0.05) is 17.7 Å². The predicted molar refractivity (Wildman–Crippen MR) is 95.7 cm³/mol. The van der Waals surface area contributed by atoms with Gasteiger partial charge in [0.15, 0.2) is 0 Å². The van der Waals surface area contributed by atoms with Crippen LogP contribution in [0.5, 0.6) is 5.75 Å². The molecule has 0 radical (unpaired) electrons. The second-order valence-electron chi connectivity index (χ2n) is 7.33. The Balaban J connectivity index is 1.33.